The number of likely N-dealkylation sites (N-methyl/N-ethyl adjacent to an activating group) is 2. The summed E-state index contributed by atoms with van der Waals surface area (Å²) in [6, 6.07) is 8.67. The summed E-state index contributed by atoms with van der Waals surface area (Å²) in [7, 11) is 4.16. The average molecular weight is 246 g/mol. The lowest BCUT2D eigenvalue weighted by atomic mass is 10.1. The molecule has 1 N–H and O–H groups in total. The van der Waals surface area contributed by atoms with Crippen LogP contribution >= 0.6 is 0 Å². The molecular formula is C15H22N2O. The lowest BCUT2D eigenvalue weighted by Crippen LogP contribution is -2.30. The Hall–Kier alpha value is -1.32. The normalized spacial score (nSPS) is 13.4. The topological polar surface area (TPSA) is 28.4 Å². The quantitative estimate of drug-likeness (QED) is 0.879. The molecular weight excluding hydrogens is 224 g/mol. The minimum absolute atomic E-state index is 0.247. The molecule has 0 bridgehead atoms. The summed E-state index contributed by atoms with van der Waals surface area (Å²) in [5.74, 6) is 1.02. The van der Waals surface area contributed by atoms with Gasteiger partial charge in [0.05, 0.1) is 6.04 Å². The number of para-hydroxylation sites is 1. The highest BCUT2D eigenvalue weighted by molar-refractivity contribution is 5.81. The fourth-order valence-corrected chi connectivity index (χ4v) is 2.27. The molecule has 2 rings (SSSR count). The Balaban J connectivity index is 2.35. The highest BCUT2D eigenvalue weighted by Gasteiger charge is 2.16. The molecule has 1 aromatic carbocycles. The van der Waals surface area contributed by atoms with Gasteiger partial charge in [-0.1, -0.05) is 25.1 Å². The van der Waals surface area contributed by atoms with E-state index in [1.807, 2.05) is 0 Å². The second-order valence-electron chi connectivity index (χ2n) is 5.01. The van der Waals surface area contributed by atoms with Gasteiger partial charge in [-0.2, -0.15) is 0 Å². The minimum atomic E-state index is 0.247. The van der Waals surface area contributed by atoms with Crippen molar-refractivity contribution in [3.8, 4) is 0 Å². The number of benzene rings is 1. The SMILES string of the molecule is CCNC(CN(C)C)c1cc2cccc(C)c2o1. The van der Waals surface area contributed by atoms with Crippen LogP contribution in [0.2, 0.25) is 0 Å². The molecule has 18 heavy (non-hydrogen) atoms. The number of hydrogen-bond donors (Lipinski definition) is 1. The molecule has 3 nitrogen and oxygen atoms in total. The maximum Gasteiger partial charge on any atom is 0.137 e. The Morgan fingerprint density at radius 1 is 1.33 bits per heavy atom. The van der Waals surface area contributed by atoms with Gasteiger partial charge in [0.1, 0.15) is 11.3 Å². The second-order valence-corrected chi connectivity index (χ2v) is 5.01. The molecule has 98 valence electrons. The van der Waals surface area contributed by atoms with E-state index in [9.17, 15) is 0 Å². The van der Waals surface area contributed by atoms with Gasteiger partial charge in [0.25, 0.3) is 0 Å². The zero-order valence-corrected chi connectivity index (χ0v) is 11.7. The van der Waals surface area contributed by atoms with Crippen molar-refractivity contribution in [2.45, 2.75) is 19.9 Å². The summed E-state index contributed by atoms with van der Waals surface area (Å²) in [5, 5.41) is 4.66. The van der Waals surface area contributed by atoms with Crippen molar-refractivity contribution < 1.29 is 4.42 Å². The van der Waals surface area contributed by atoms with Gasteiger partial charge in [-0.15, -0.1) is 0 Å². The van der Waals surface area contributed by atoms with E-state index >= 15 is 0 Å². The van der Waals surface area contributed by atoms with Crippen molar-refractivity contribution in [3.63, 3.8) is 0 Å². The standard InChI is InChI=1S/C15H22N2O/c1-5-16-13(10-17(3)4)14-9-12-8-6-7-11(2)15(12)18-14/h6-9,13,16H,5,10H2,1-4H3. The van der Waals surface area contributed by atoms with Crippen LogP contribution in [0, 0.1) is 6.92 Å². The third kappa shape index (κ3) is 2.74. The van der Waals surface area contributed by atoms with Crippen LogP contribution in [-0.4, -0.2) is 32.1 Å². The first-order chi connectivity index (χ1) is 8.61. The van der Waals surface area contributed by atoms with Gasteiger partial charge in [0.2, 0.25) is 0 Å². The summed E-state index contributed by atoms with van der Waals surface area (Å²) in [5.41, 5.74) is 2.20. The van der Waals surface area contributed by atoms with Crippen molar-refractivity contribution in [1.29, 1.82) is 0 Å². The fraction of sp³-hybridized carbons (Fsp3) is 0.467. The summed E-state index contributed by atoms with van der Waals surface area (Å²) >= 11 is 0. The molecule has 1 aromatic heterocycles. The van der Waals surface area contributed by atoms with Crippen LogP contribution in [0.4, 0.5) is 0 Å². The summed E-state index contributed by atoms with van der Waals surface area (Å²) < 4.78 is 6.03. The molecule has 0 radical (unpaired) electrons. The largest absolute Gasteiger partial charge is 0.459 e. The molecule has 0 spiro atoms. The highest BCUT2D eigenvalue weighted by Crippen LogP contribution is 2.26. The van der Waals surface area contributed by atoms with Crippen molar-refractivity contribution in [3.05, 3.63) is 35.6 Å². The smallest absolute Gasteiger partial charge is 0.137 e. The lowest BCUT2D eigenvalue weighted by molar-refractivity contribution is 0.316. The van der Waals surface area contributed by atoms with E-state index in [0.29, 0.717) is 0 Å². The van der Waals surface area contributed by atoms with E-state index in [4.69, 9.17) is 4.42 Å². The van der Waals surface area contributed by atoms with Crippen LogP contribution in [-0.2, 0) is 0 Å². The molecule has 0 aliphatic heterocycles. The average Bonchev–Trinajstić information content (AvgIpc) is 2.73. The van der Waals surface area contributed by atoms with E-state index in [1.54, 1.807) is 0 Å². The van der Waals surface area contributed by atoms with Crippen LogP contribution < -0.4 is 5.32 Å². The lowest BCUT2D eigenvalue weighted by Gasteiger charge is -2.19. The van der Waals surface area contributed by atoms with Crippen LogP contribution in [0.25, 0.3) is 11.0 Å². The third-order valence-corrected chi connectivity index (χ3v) is 3.10. The molecule has 0 fully saturated rings. The van der Waals surface area contributed by atoms with E-state index < -0.39 is 0 Å². The number of hydrogen-bond acceptors (Lipinski definition) is 3. The molecule has 3 heteroatoms. The Morgan fingerprint density at radius 2 is 2.11 bits per heavy atom. The van der Waals surface area contributed by atoms with Gasteiger partial charge in [0, 0.05) is 11.9 Å². The number of fused-ring (bicyclic) bond motifs is 1. The van der Waals surface area contributed by atoms with E-state index in [1.165, 1.54) is 10.9 Å². The number of nitrogens with zero attached hydrogens (tertiary/aromatic N) is 1. The van der Waals surface area contributed by atoms with Gasteiger partial charge >= 0.3 is 0 Å². The molecule has 1 atom stereocenters. The molecule has 1 heterocycles. The Kier molecular flexibility index (Phi) is 4.04. The van der Waals surface area contributed by atoms with Crippen molar-refractivity contribution >= 4 is 11.0 Å². The molecule has 2 aromatic rings. The first-order valence-corrected chi connectivity index (χ1v) is 6.49. The molecule has 0 saturated heterocycles. The molecule has 0 aliphatic rings. The third-order valence-electron chi connectivity index (χ3n) is 3.10. The zero-order chi connectivity index (χ0) is 13.1. The monoisotopic (exact) mass is 246 g/mol. The van der Waals surface area contributed by atoms with Crippen molar-refractivity contribution in [2.24, 2.45) is 0 Å². The van der Waals surface area contributed by atoms with Gasteiger partial charge in [-0.05, 0) is 39.2 Å². The summed E-state index contributed by atoms with van der Waals surface area (Å²) in [6.45, 7) is 6.08. The van der Waals surface area contributed by atoms with E-state index in [2.05, 4.69) is 62.4 Å². The number of rotatable bonds is 5. The molecule has 0 aliphatic carbocycles. The van der Waals surface area contributed by atoms with Crippen LogP contribution in [0.3, 0.4) is 0 Å². The van der Waals surface area contributed by atoms with Crippen molar-refractivity contribution in [1.82, 2.24) is 10.2 Å². The van der Waals surface area contributed by atoms with Crippen LogP contribution in [0.15, 0.2) is 28.7 Å². The molecule has 0 amide bonds. The predicted molar refractivity (Wildman–Crippen MR) is 75.9 cm³/mol. The number of nitrogens with one attached hydrogen (secondary N) is 1. The Labute approximate surface area is 109 Å². The molecule has 0 saturated carbocycles. The van der Waals surface area contributed by atoms with Crippen LogP contribution in [0.1, 0.15) is 24.3 Å². The zero-order valence-electron chi connectivity index (χ0n) is 11.7. The first kappa shape index (κ1) is 13.1. The second kappa shape index (κ2) is 5.55. The van der Waals surface area contributed by atoms with Crippen molar-refractivity contribution in [2.75, 3.05) is 27.2 Å². The molecule has 1 unspecified atom stereocenters. The Morgan fingerprint density at radius 3 is 2.72 bits per heavy atom. The van der Waals surface area contributed by atoms with Gasteiger partial charge in [-0.25, -0.2) is 0 Å². The highest BCUT2D eigenvalue weighted by atomic mass is 16.3. The summed E-state index contributed by atoms with van der Waals surface area (Å²) in [6.07, 6.45) is 0. The van der Waals surface area contributed by atoms with E-state index in [0.717, 1.165) is 24.4 Å². The maximum absolute atomic E-state index is 6.03. The Bertz CT molecular complexity index is 516. The number of aryl methyl sites for hydroxylation is 1. The first-order valence-electron chi connectivity index (χ1n) is 6.49. The maximum atomic E-state index is 6.03. The fourth-order valence-electron chi connectivity index (χ4n) is 2.27. The minimum Gasteiger partial charge on any atom is -0.459 e. The predicted octanol–water partition coefficient (Wildman–Crippen LogP) is 2.95. The van der Waals surface area contributed by atoms with E-state index in [-0.39, 0.29) is 6.04 Å². The van der Waals surface area contributed by atoms with Crippen LogP contribution in [0.5, 0.6) is 0 Å². The van der Waals surface area contributed by atoms with Gasteiger partial charge in [-0.3, -0.25) is 0 Å². The number of furan rings is 1. The van der Waals surface area contributed by atoms with Gasteiger partial charge in [0.15, 0.2) is 0 Å². The summed E-state index contributed by atoms with van der Waals surface area (Å²) in [4.78, 5) is 2.17. The van der Waals surface area contributed by atoms with Gasteiger partial charge < -0.3 is 14.6 Å².